The van der Waals surface area contributed by atoms with Gasteiger partial charge >= 0.3 is 12.0 Å². The molecule has 108 valence electrons. The molecule has 20 heavy (non-hydrogen) atoms. The van der Waals surface area contributed by atoms with Crippen LogP contribution in [-0.4, -0.2) is 28.6 Å². The van der Waals surface area contributed by atoms with E-state index < -0.39 is 5.97 Å². The van der Waals surface area contributed by atoms with E-state index in [0.29, 0.717) is 19.5 Å². The van der Waals surface area contributed by atoms with Gasteiger partial charge in [0.1, 0.15) is 0 Å². The Hall–Kier alpha value is -2.11. The maximum atomic E-state index is 11.7. The summed E-state index contributed by atoms with van der Waals surface area (Å²) >= 11 is 0. The second kappa shape index (κ2) is 6.88. The highest BCUT2D eigenvalue weighted by atomic mass is 16.4. The van der Waals surface area contributed by atoms with E-state index in [2.05, 4.69) is 15.6 Å². The van der Waals surface area contributed by atoms with Gasteiger partial charge in [0, 0.05) is 25.5 Å². The monoisotopic (exact) mass is 277 g/mol. The molecule has 6 nitrogen and oxygen atoms in total. The summed E-state index contributed by atoms with van der Waals surface area (Å²) in [6, 6.07) is 3.42. The van der Waals surface area contributed by atoms with Gasteiger partial charge in [-0.15, -0.1) is 0 Å². The van der Waals surface area contributed by atoms with E-state index in [1.54, 1.807) is 12.4 Å². The van der Waals surface area contributed by atoms with Gasteiger partial charge < -0.3 is 15.7 Å². The molecule has 2 atom stereocenters. The summed E-state index contributed by atoms with van der Waals surface area (Å²) in [4.78, 5) is 26.7. The normalized spacial score (nSPS) is 21.4. The van der Waals surface area contributed by atoms with Gasteiger partial charge in [0.15, 0.2) is 0 Å². The lowest BCUT2D eigenvalue weighted by Crippen LogP contribution is -2.39. The van der Waals surface area contributed by atoms with E-state index >= 15 is 0 Å². The average Bonchev–Trinajstić information content (AvgIpc) is 2.92. The number of carbonyl (C=O) groups excluding carboxylic acids is 1. The third-order valence-electron chi connectivity index (χ3n) is 3.68. The lowest BCUT2D eigenvalue weighted by molar-refractivity contribution is -0.142. The number of nitrogens with one attached hydrogen (secondary N) is 2. The quantitative estimate of drug-likeness (QED) is 0.758. The number of pyridine rings is 1. The number of urea groups is 1. The van der Waals surface area contributed by atoms with Crippen molar-refractivity contribution in [3.05, 3.63) is 30.1 Å². The van der Waals surface area contributed by atoms with Crippen molar-refractivity contribution >= 4 is 12.0 Å². The molecule has 2 rings (SSSR count). The predicted octanol–water partition coefficient (Wildman–Crippen LogP) is 1.38. The minimum Gasteiger partial charge on any atom is -0.481 e. The molecule has 0 spiro atoms. The van der Waals surface area contributed by atoms with Crippen molar-refractivity contribution in [3.63, 3.8) is 0 Å². The molecule has 1 aliphatic rings. The second-order valence-electron chi connectivity index (χ2n) is 5.06. The summed E-state index contributed by atoms with van der Waals surface area (Å²) in [7, 11) is 0. The first-order chi connectivity index (χ1) is 9.66. The van der Waals surface area contributed by atoms with E-state index in [4.69, 9.17) is 5.11 Å². The number of nitrogens with zero attached hydrogens (tertiary/aromatic N) is 1. The Morgan fingerprint density at radius 3 is 2.90 bits per heavy atom. The highest BCUT2D eigenvalue weighted by Crippen LogP contribution is 2.31. The zero-order chi connectivity index (χ0) is 14.4. The van der Waals surface area contributed by atoms with Crippen LogP contribution in [0.15, 0.2) is 24.5 Å². The molecule has 1 aromatic heterocycles. The summed E-state index contributed by atoms with van der Waals surface area (Å²) in [5.74, 6) is -1.05. The molecule has 0 bridgehead atoms. The Kier molecular flexibility index (Phi) is 4.92. The highest BCUT2D eigenvalue weighted by Gasteiger charge is 2.32. The fourth-order valence-electron chi connectivity index (χ4n) is 2.58. The van der Waals surface area contributed by atoms with Gasteiger partial charge in [-0.05, 0) is 30.4 Å². The Morgan fingerprint density at radius 1 is 1.35 bits per heavy atom. The molecule has 1 aromatic rings. The molecule has 1 saturated carbocycles. The van der Waals surface area contributed by atoms with E-state index in [9.17, 15) is 9.59 Å². The van der Waals surface area contributed by atoms with Crippen LogP contribution in [0.25, 0.3) is 0 Å². The number of amides is 2. The van der Waals surface area contributed by atoms with Crippen LogP contribution in [0.4, 0.5) is 4.79 Å². The zero-order valence-corrected chi connectivity index (χ0v) is 11.2. The van der Waals surface area contributed by atoms with Crippen molar-refractivity contribution in [2.24, 2.45) is 11.8 Å². The van der Waals surface area contributed by atoms with Crippen LogP contribution in [0.2, 0.25) is 0 Å². The van der Waals surface area contributed by atoms with Crippen molar-refractivity contribution in [2.45, 2.75) is 25.8 Å². The van der Waals surface area contributed by atoms with Gasteiger partial charge in [-0.3, -0.25) is 9.78 Å². The number of aromatic nitrogens is 1. The van der Waals surface area contributed by atoms with Gasteiger partial charge in [0.25, 0.3) is 0 Å². The first-order valence-electron chi connectivity index (χ1n) is 6.80. The molecule has 3 N–H and O–H groups in total. The second-order valence-corrected chi connectivity index (χ2v) is 5.06. The summed E-state index contributed by atoms with van der Waals surface area (Å²) in [5.41, 5.74) is 0.923. The van der Waals surface area contributed by atoms with Gasteiger partial charge in [0.2, 0.25) is 0 Å². The third kappa shape index (κ3) is 3.94. The fourth-order valence-corrected chi connectivity index (χ4v) is 2.58. The van der Waals surface area contributed by atoms with E-state index in [1.165, 1.54) is 0 Å². The van der Waals surface area contributed by atoms with Crippen LogP contribution >= 0.6 is 0 Å². The Bertz CT molecular complexity index is 464. The highest BCUT2D eigenvalue weighted by molar-refractivity contribution is 5.74. The van der Waals surface area contributed by atoms with Gasteiger partial charge in [-0.25, -0.2) is 4.79 Å². The number of carbonyl (C=O) groups is 2. The first kappa shape index (κ1) is 14.3. The molecule has 1 fully saturated rings. The van der Waals surface area contributed by atoms with Crippen LogP contribution in [0.5, 0.6) is 0 Å². The molecular formula is C14H19N3O3. The zero-order valence-electron chi connectivity index (χ0n) is 11.2. The lowest BCUT2D eigenvalue weighted by Gasteiger charge is -2.16. The number of carboxylic acids is 1. The predicted molar refractivity (Wildman–Crippen MR) is 72.9 cm³/mol. The van der Waals surface area contributed by atoms with Crippen LogP contribution in [0, 0.1) is 11.8 Å². The van der Waals surface area contributed by atoms with E-state index in [1.807, 2.05) is 12.1 Å². The van der Waals surface area contributed by atoms with Crippen molar-refractivity contribution in [3.8, 4) is 0 Å². The molecule has 2 unspecified atom stereocenters. The molecular weight excluding hydrogens is 258 g/mol. The smallest absolute Gasteiger partial charge is 0.315 e. The Balaban J connectivity index is 1.71. The van der Waals surface area contributed by atoms with Crippen LogP contribution in [0.3, 0.4) is 0 Å². The maximum Gasteiger partial charge on any atom is 0.315 e. The van der Waals surface area contributed by atoms with Crippen LogP contribution in [0.1, 0.15) is 24.8 Å². The fraction of sp³-hybridized carbons (Fsp3) is 0.500. The molecule has 2 amide bonds. The number of hydrogen-bond acceptors (Lipinski definition) is 3. The molecule has 6 heteroatoms. The average molecular weight is 277 g/mol. The van der Waals surface area contributed by atoms with E-state index in [-0.39, 0.29) is 17.9 Å². The Morgan fingerprint density at radius 2 is 2.20 bits per heavy atom. The molecule has 0 saturated heterocycles. The summed E-state index contributed by atoms with van der Waals surface area (Å²) in [6.45, 7) is 0.822. The molecule has 1 heterocycles. The van der Waals surface area contributed by atoms with Gasteiger partial charge in [-0.1, -0.05) is 12.5 Å². The largest absolute Gasteiger partial charge is 0.481 e. The Labute approximate surface area is 117 Å². The van der Waals surface area contributed by atoms with Crippen molar-refractivity contribution < 1.29 is 14.7 Å². The number of aliphatic carboxylic acids is 1. The number of hydrogen-bond donors (Lipinski definition) is 3. The number of rotatable bonds is 5. The molecule has 0 aromatic carbocycles. The minimum absolute atomic E-state index is 0.0386. The standard InChI is InChI=1S/C14H19N3O3/c18-13(19)12-5-1-4-11(12)9-17-14(20)16-8-10-3-2-6-15-7-10/h2-3,6-7,11-12H,1,4-5,8-9H2,(H,18,19)(H2,16,17,20). The minimum atomic E-state index is -0.759. The lowest BCUT2D eigenvalue weighted by atomic mass is 9.96. The molecule has 1 aliphatic carbocycles. The topological polar surface area (TPSA) is 91.3 Å². The summed E-state index contributed by atoms with van der Waals surface area (Å²) in [5, 5.41) is 14.5. The van der Waals surface area contributed by atoms with Gasteiger partial charge in [0.05, 0.1) is 5.92 Å². The first-order valence-corrected chi connectivity index (χ1v) is 6.80. The number of carboxylic acid groups (broad SMARTS) is 1. The van der Waals surface area contributed by atoms with E-state index in [0.717, 1.165) is 18.4 Å². The summed E-state index contributed by atoms with van der Waals surface area (Å²) < 4.78 is 0. The third-order valence-corrected chi connectivity index (χ3v) is 3.68. The van der Waals surface area contributed by atoms with Crippen LogP contribution < -0.4 is 10.6 Å². The van der Waals surface area contributed by atoms with Crippen LogP contribution in [-0.2, 0) is 11.3 Å². The molecule has 0 aliphatic heterocycles. The molecule has 0 radical (unpaired) electrons. The maximum absolute atomic E-state index is 11.7. The van der Waals surface area contributed by atoms with Gasteiger partial charge in [-0.2, -0.15) is 0 Å². The summed E-state index contributed by atoms with van der Waals surface area (Å²) in [6.07, 6.45) is 5.85. The van der Waals surface area contributed by atoms with Crippen molar-refractivity contribution in [1.29, 1.82) is 0 Å². The van der Waals surface area contributed by atoms with Crippen molar-refractivity contribution in [2.75, 3.05) is 6.54 Å². The SMILES string of the molecule is O=C(NCc1cccnc1)NCC1CCCC1C(=O)O. The van der Waals surface area contributed by atoms with Crippen molar-refractivity contribution in [1.82, 2.24) is 15.6 Å².